The van der Waals surface area contributed by atoms with Crippen molar-refractivity contribution in [3.05, 3.63) is 121 Å². The molecular formula is C34H38. The van der Waals surface area contributed by atoms with Gasteiger partial charge in [0.05, 0.1) is 0 Å². The number of benzene rings is 6. The van der Waals surface area contributed by atoms with Gasteiger partial charge < -0.3 is 0 Å². The first-order valence-electron chi connectivity index (χ1n) is 12.0. The standard InChI is InChI=1S/C15H12.C14H10.2C2H6.CH4/c1-11-6-7-13-9-8-12-4-2-3-5-14(12)15(13)10-11;1-3-7-13-11(5-1)9-10-12-6-2-4-8-14(12)13;2*1-2;/h2-10H,1H3;1-10H;2*1-2H3;1H4. The Hall–Kier alpha value is -3.64. The first-order chi connectivity index (χ1) is 16.3. The van der Waals surface area contributed by atoms with Gasteiger partial charge in [-0.25, -0.2) is 0 Å². The van der Waals surface area contributed by atoms with Crippen LogP contribution >= 0.6 is 0 Å². The van der Waals surface area contributed by atoms with E-state index < -0.39 is 0 Å². The SMILES string of the molecule is C.CC.CC.Cc1ccc2ccc3ccccc3c2c1.c1ccc2c(c1)ccc1ccccc12. The van der Waals surface area contributed by atoms with Gasteiger partial charge in [-0.3, -0.25) is 0 Å². The Morgan fingerprint density at radius 3 is 1.06 bits per heavy atom. The molecule has 6 aromatic carbocycles. The molecule has 0 radical (unpaired) electrons. The third-order valence-corrected chi connectivity index (χ3v) is 5.56. The van der Waals surface area contributed by atoms with Gasteiger partial charge >= 0.3 is 0 Å². The van der Waals surface area contributed by atoms with Gasteiger partial charge in [0.1, 0.15) is 0 Å². The number of aryl methyl sites for hydroxylation is 1. The van der Waals surface area contributed by atoms with Crippen LogP contribution in [0.25, 0.3) is 43.1 Å². The lowest BCUT2D eigenvalue weighted by molar-refractivity contribution is 1.50. The molecule has 0 fully saturated rings. The van der Waals surface area contributed by atoms with Crippen molar-refractivity contribution in [1.82, 2.24) is 0 Å². The Bertz CT molecular complexity index is 1400. The van der Waals surface area contributed by atoms with Crippen molar-refractivity contribution in [2.45, 2.75) is 42.0 Å². The molecule has 0 aliphatic carbocycles. The van der Waals surface area contributed by atoms with E-state index in [9.17, 15) is 0 Å². The summed E-state index contributed by atoms with van der Waals surface area (Å²) in [5, 5.41) is 10.6. The molecule has 0 saturated carbocycles. The number of rotatable bonds is 0. The highest BCUT2D eigenvalue weighted by molar-refractivity contribution is 6.08. The fraction of sp³-hybridized carbons (Fsp3) is 0.176. The molecule has 174 valence electrons. The van der Waals surface area contributed by atoms with E-state index in [4.69, 9.17) is 0 Å². The molecular weight excluding hydrogens is 408 g/mol. The second-order valence-corrected chi connectivity index (χ2v) is 7.52. The topological polar surface area (TPSA) is 0 Å². The van der Waals surface area contributed by atoms with Crippen LogP contribution in [-0.4, -0.2) is 0 Å². The fourth-order valence-corrected chi connectivity index (χ4v) is 4.07. The molecule has 0 amide bonds. The largest absolute Gasteiger partial charge is 0.0776 e. The van der Waals surface area contributed by atoms with Crippen LogP contribution in [0.1, 0.15) is 40.7 Å². The lowest BCUT2D eigenvalue weighted by Crippen LogP contribution is -1.78. The van der Waals surface area contributed by atoms with Gasteiger partial charge in [-0.05, 0) is 50.0 Å². The van der Waals surface area contributed by atoms with Crippen molar-refractivity contribution in [3.63, 3.8) is 0 Å². The Morgan fingerprint density at radius 1 is 0.353 bits per heavy atom. The van der Waals surface area contributed by atoms with Crippen LogP contribution in [-0.2, 0) is 0 Å². The summed E-state index contributed by atoms with van der Waals surface area (Å²) in [5.74, 6) is 0. The molecule has 0 heteroatoms. The molecule has 0 spiro atoms. The predicted molar refractivity (Wildman–Crippen MR) is 157 cm³/mol. The maximum atomic E-state index is 2.26. The minimum absolute atomic E-state index is 0. The third kappa shape index (κ3) is 5.83. The molecule has 0 saturated heterocycles. The summed E-state index contributed by atoms with van der Waals surface area (Å²) in [6, 6.07) is 40.9. The van der Waals surface area contributed by atoms with Crippen molar-refractivity contribution in [2.24, 2.45) is 0 Å². The van der Waals surface area contributed by atoms with Crippen LogP contribution in [0, 0.1) is 6.92 Å². The zero-order valence-electron chi connectivity index (χ0n) is 20.5. The molecule has 0 aliphatic rings. The average molecular weight is 447 g/mol. The van der Waals surface area contributed by atoms with Crippen LogP contribution in [0.5, 0.6) is 0 Å². The van der Waals surface area contributed by atoms with Gasteiger partial charge in [0, 0.05) is 0 Å². The van der Waals surface area contributed by atoms with Gasteiger partial charge in [-0.2, -0.15) is 0 Å². The van der Waals surface area contributed by atoms with Crippen molar-refractivity contribution in [2.75, 3.05) is 0 Å². The van der Waals surface area contributed by atoms with E-state index in [-0.39, 0.29) is 7.43 Å². The van der Waals surface area contributed by atoms with E-state index in [1.807, 2.05) is 27.7 Å². The number of hydrogen-bond acceptors (Lipinski definition) is 0. The van der Waals surface area contributed by atoms with Crippen LogP contribution in [0.15, 0.2) is 115 Å². The van der Waals surface area contributed by atoms with E-state index in [0.29, 0.717) is 0 Å². The molecule has 6 rings (SSSR count). The summed E-state index contributed by atoms with van der Waals surface area (Å²) >= 11 is 0. The van der Waals surface area contributed by atoms with Crippen LogP contribution in [0.3, 0.4) is 0 Å². The Balaban J connectivity index is 0.000000205. The van der Waals surface area contributed by atoms with Crippen LogP contribution in [0.4, 0.5) is 0 Å². The highest BCUT2D eigenvalue weighted by atomic mass is 14.0. The van der Waals surface area contributed by atoms with E-state index >= 15 is 0 Å². The van der Waals surface area contributed by atoms with Crippen LogP contribution in [0.2, 0.25) is 0 Å². The molecule has 0 unspecified atom stereocenters. The maximum Gasteiger partial charge on any atom is -0.0103 e. The molecule has 6 aromatic rings. The number of hydrogen-bond donors (Lipinski definition) is 0. The second kappa shape index (κ2) is 13.2. The van der Waals surface area contributed by atoms with Crippen molar-refractivity contribution in [3.8, 4) is 0 Å². The summed E-state index contributed by atoms with van der Waals surface area (Å²) in [7, 11) is 0. The van der Waals surface area contributed by atoms with Crippen molar-refractivity contribution >= 4 is 43.1 Å². The molecule has 0 aliphatic heterocycles. The van der Waals surface area contributed by atoms with Crippen molar-refractivity contribution in [1.29, 1.82) is 0 Å². The van der Waals surface area contributed by atoms with Gasteiger partial charge in [-0.1, -0.05) is 156 Å². The lowest BCUT2D eigenvalue weighted by Gasteiger charge is -2.04. The molecule has 0 aromatic heterocycles. The normalized spacial score (nSPS) is 9.68. The first kappa shape index (κ1) is 26.6. The summed E-state index contributed by atoms with van der Waals surface area (Å²) in [4.78, 5) is 0. The summed E-state index contributed by atoms with van der Waals surface area (Å²) in [6.45, 7) is 10.1. The second-order valence-electron chi connectivity index (χ2n) is 7.52. The average Bonchev–Trinajstić information content (AvgIpc) is 2.91. The Labute approximate surface area is 205 Å². The van der Waals surface area contributed by atoms with E-state index in [1.165, 1.54) is 48.7 Å². The molecule has 34 heavy (non-hydrogen) atoms. The summed E-state index contributed by atoms with van der Waals surface area (Å²) in [5.41, 5.74) is 1.32. The molecule has 0 atom stereocenters. The minimum atomic E-state index is 0. The summed E-state index contributed by atoms with van der Waals surface area (Å²) < 4.78 is 0. The van der Waals surface area contributed by atoms with Gasteiger partial charge in [0.2, 0.25) is 0 Å². The Morgan fingerprint density at radius 2 is 0.647 bits per heavy atom. The fourth-order valence-electron chi connectivity index (χ4n) is 4.07. The van der Waals surface area contributed by atoms with Gasteiger partial charge in [0.25, 0.3) is 0 Å². The zero-order chi connectivity index (χ0) is 23.6. The van der Waals surface area contributed by atoms with Gasteiger partial charge in [0.15, 0.2) is 0 Å². The molecule has 0 bridgehead atoms. The zero-order valence-corrected chi connectivity index (χ0v) is 20.5. The quantitative estimate of drug-likeness (QED) is 0.203. The third-order valence-electron chi connectivity index (χ3n) is 5.56. The molecule has 0 heterocycles. The maximum absolute atomic E-state index is 2.26. The smallest absolute Gasteiger partial charge is 0.0103 e. The van der Waals surface area contributed by atoms with Crippen molar-refractivity contribution < 1.29 is 0 Å². The Kier molecular flexibility index (Phi) is 10.3. The minimum Gasteiger partial charge on any atom is -0.0776 e. The van der Waals surface area contributed by atoms with E-state index in [2.05, 4.69) is 122 Å². The first-order valence-corrected chi connectivity index (χ1v) is 12.0. The molecule has 0 nitrogen and oxygen atoms in total. The van der Waals surface area contributed by atoms with E-state index in [0.717, 1.165) is 0 Å². The molecule has 0 N–H and O–H groups in total. The highest BCUT2D eigenvalue weighted by Gasteiger charge is 1.99. The summed E-state index contributed by atoms with van der Waals surface area (Å²) in [6.07, 6.45) is 0. The predicted octanol–water partition coefficient (Wildman–Crippen LogP) is 11.0. The van der Waals surface area contributed by atoms with Gasteiger partial charge in [-0.15, -0.1) is 0 Å². The van der Waals surface area contributed by atoms with E-state index in [1.54, 1.807) is 0 Å². The number of fused-ring (bicyclic) bond motifs is 6. The highest BCUT2D eigenvalue weighted by Crippen LogP contribution is 2.26. The van der Waals surface area contributed by atoms with Crippen LogP contribution < -0.4 is 0 Å². The monoisotopic (exact) mass is 446 g/mol. The lowest BCUT2D eigenvalue weighted by atomic mass is 10.0.